The van der Waals surface area contributed by atoms with Gasteiger partial charge in [-0.3, -0.25) is 0 Å². The van der Waals surface area contributed by atoms with Crippen molar-refractivity contribution in [3.63, 3.8) is 0 Å². The van der Waals surface area contributed by atoms with Crippen molar-refractivity contribution in [1.82, 2.24) is 19.5 Å². The lowest BCUT2D eigenvalue weighted by Crippen LogP contribution is -2.43. The van der Waals surface area contributed by atoms with Crippen molar-refractivity contribution in [1.29, 1.82) is 0 Å². The highest BCUT2D eigenvalue weighted by Crippen LogP contribution is 2.42. The Hall–Kier alpha value is -4.20. The first kappa shape index (κ1) is 32.2. The Bertz CT molecular complexity index is 1740. The molecule has 0 bridgehead atoms. The minimum atomic E-state index is -2.04. The maximum atomic E-state index is 12.5. The SMILES string of the molecule is CC(C)[Si](C#Cc1cnc(C(=O)O)c(N(C)c2ccc(N3CCOCC3)cc2-c2cccc3c2ncn3C)n1)(C(C)C)C(C)C. The van der Waals surface area contributed by atoms with E-state index in [1.54, 1.807) is 0 Å². The van der Waals surface area contributed by atoms with Crippen molar-refractivity contribution in [3.8, 4) is 22.6 Å². The highest BCUT2D eigenvalue weighted by Gasteiger charge is 2.41. The second kappa shape index (κ2) is 13.0. The molecule has 236 valence electrons. The minimum absolute atomic E-state index is 0.123. The molecule has 1 aliphatic heterocycles. The fourth-order valence-electron chi connectivity index (χ4n) is 6.97. The standard InChI is InChI=1S/C35H44N6O3Si/c1-23(2)45(24(3)4,25(5)6)19-14-26-21-36-33(35(42)43)34(38-26)40(8)30-13-12-27(41-15-17-44-18-16-41)20-29(30)28-10-9-11-31-32(28)37-22-39(31)7/h9-13,20-25H,15-18H2,1-8H3,(H,42,43). The Morgan fingerprint density at radius 1 is 1.00 bits per heavy atom. The van der Waals surface area contributed by atoms with E-state index in [2.05, 4.69) is 81.1 Å². The number of aromatic carboxylic acids is 1. The first-order valence-corrected chi connectivity index (χ1v) is 17.9. The molecule has 1 fully saturated rings. The molecule has 1 N–H and O–H groups in total. The zero-order valence-electron chi connectivity index (χ0n) is 27.6. The lowest BCUT2D eigenvalue weighted by atomic mass is 10.00. The highest BCUT2D eigenvalue weighted by atomic mass is 28.3. The van der Waals surface area contributed by atoms with Crippen LogP contribution in [0.5, 0.6) is 0 Å². The molecule has 1 aliphatic rings. The van der Waals surface area contributed by atoms with Crippen molar-refractivity contribution in [2.45, 2.75) is 58.2 Å². The maximum Gasteiger partial charge on any atom is 0.358 e. The van der Waals surface area contributed by atoms with Crippen LogP contribution in [-0.4, -0.2) is 72.0 Å². The van der Waals surface area contributed by atoms with Crippen molar-refractivity contribution >= 4 is 42.3 Å². The largest absolute Gasteiger partial charge is 0.476 e. The van der Waals surface area contributed by atoms with Crippen LogP contribution in [0, 0.1) is 11.5 Å². The van der Waals surface area contributed by atoms with Crippen LogP contribution in [0.25, 0.3) is 22.2 Å². The second-order valence-electron chi connectivity index (χ2n) is 12.8. The highest BCUT2D eigenvalue weighted by molar-refractivity contribution is 6.90. The fourth-order valence-corrected chi connectivity index (χ4v) is 12.2. The zero-order chi connectivity index (χ0) is 32.5. The van der Waals surface area contributed by atoms with Crippen molar-refractivity contribution in [2.75, 3.05) is 43.2 Å². The summed E-state index contributed by atoms with van der Waals surface area (Å²) in [6.45, 7) is 16.5. The van der Waals surface area contributed by atoms with Crippen LogP contribution in [0.15, 0.2) is 48.9 Å². The summed E-state index contributed by atoms with van der Waals surface area (Å²) in [6.07, 6.45) is 3.30. The van der Waals surface area contributed by atoms with Crippen LogP contribution in [0.1, 0.15) is 57.7 Å². The maximum absolute atomic E-state index is 12.5. The molecule has 0 spiro atoms. The van der Waals surface area contributed by atoms with Crippen LogP contribution >= 0.6 is 0 Å². The van der Waals surface area contributed by atoms with E-state index in [0.29, 0.717) is 35.5 Å². The molecule has 4 aromatic rings. The molecule has 9 nitrogen and oxygen atoms in total. The summed E-state index contributed by atoms with van der Waals surface area (Å²) in [5, 5.41) is 10.2. The number of hydrogen-bond acceptors (Lipinski definition) is 7. The van der Waals surface area contributed by atoms with Crippen molar-refractivity contribution < 1.29 is 14.6 Å². The number of ether oxygens (including phenoxy) is 1. The molecule has 0 unspecified atom stereocenters. The molecule has 10 heteroatoms. The Labute approximate surface area is 267 Å². The summed E-state index contributed by atoms with van der Waals surface area (Å²) in [4.78, 5) is 30.5. The topological polar surface area (TPSA) is 96.6 Å². The Morgan fingerprint density at radius 2 is 1.69 bits per heavy atom. The lowest BCUT2D eigenvalue weighted by Gasteiger charge is -2.38. The summed E-state index contributed by atoms with van der Waals surface area (Å²) < 4.78 is 7.60. The van der Waals surface area contributed by atoms with Gasteiger partial charge in [-0.1, -0.05) is 59.6 Å². The fraction of sp³-hybridized carbons (Fsp3) is 0.429. The minimum Gasteiger partial charge on any atom is -0.476 e. The number of anilines is 3. The summed E-state index contributed by atoms with van der Waals surface area (Å²) in [7, 11) is 1.79. The molecule has 0 aliphatic carbocycles. The molecule has 3 heterocycles. The number of rotatable bonds is 8. The molecule has 0 amide bonds. The first-order valence-electron chi connectivity index (χ1n) is 15.7. The molecule has 0 radical (unpaired) electrons. The number of fused-ring (bicyclic) bond motifs is 1. The number of carboxylic acid groups (broad SMARTS) is 1. The summed E-state index contributed by atoms with van der Waals surface area (Å²) in [5.41, 5.74) is 11.0. The van der Waals surface area contributed by atoms with Crippen LogP contribution in [0.3, 0.4) is 0 Å². The smallest absolute Gasteiger partial charge is 0.358 e. The molecular weight excluding hydrogens is 581 g/mol. The molecule has 2 aromatic heterocycles. The van der Waals surface area contributed by atoms with Gasteiger partial charge in [-0.05, 0) is 40.9 Å². The van der Waals surface area contributed by atoms with E-state index >= 15 is 0 Å². The van der Waals surface area contributed by atoms with Crippen LogP contribution in [-0.2, 0) is 11.8 Å². The molecule has 0 atom stereocenters. The van der Waals surface area contributed by atoms with E-state index in [-0.39, 0.29) is 11.5 Å². The molecule has 5 rings (SSSR count). The number of aryl methyl sites for hydroxylation is 1. The van der Waals surface area contributed by atoms with Crippen LogP contribution < -0.4 is 9.80 Å². The Balaban J connectivity index is 1.67. The van der Waals surface area contributed by atoms with Gasteiger partial charge < -0.3 is 24.2 Å². The second-order valence-corrected chi connectivity index (χ2v) is 18.3. The van der Waals surface area contributed by atoms with Gasteiger partial charge in [0.1, 0.15) is 13.8 Å². The molecular formula is C35H44N6O3Si. The molecule has 0 saturated carbocycles. The molecule has 45 heavy (non-hydrogen) atoms. The zero-order valence-corrected chi connectivity index (χ0v) is 28.6. The van der Waals surface area contributed by atoms with Gasteiger partial charge >= 0.3 is 5.97 Å². The third-order valence-electron chi connectivity index (χ3n) is 9.31. The van der Waals surface area contributed by atoms with E-state index in [4.69, 9.17) is 14.7 Å². The monoisotopic (exact) mass is 624 g/mol. The van der Waals surface area contributed by atoms with Crippen LogP contribution in [0.2, 0.25) is 16.6 Å². The van der Waals surface area contributed by atoms with E-state index in [1.165, 1.54) is 6.20 Å². The molecule has 2 aromatic carbocycles. The van der Waals surface area contributed by atoms with E-state index in [0.717, 1.165) is 46.6 Å². The van der Waals surface area contributed by atoms with Crippen LogP contribution in [0.4, 0.5) is 17.2 Å². The Morgan fingerprint density at radius 3 is 2.33 bits per heavy atom. The van der Waals surface area contributed by atoms with E-state index in [9.17, 15) is 9.90 Å². The summed E-state index contributed by atoms with van der Waals surface area (Å²) >= 11 is 0. The number of para-hydroxylation sites is 1. The normalized spacial score (nSPS) is 13.9. The summed E-state index contributed by atoms with van der Waals surface area (Å²) in [6, 6.07) is 12.4. The van der Waals surface area contributed by atoms with Crippen molar-refractivity contribution in [3.05, 3.63) is 60.3 Å². The lowest BCUT2D eigenvalue weighted by molar-refractivity contribution is 0.0691. The van der Waals surface area contributed by atoms with Gasteiger partial charge in [0.25, 0.3) is 0 Å². The van der Waals surface area contributed by atoms with Gasteiger partial charge in [0.2, 0.25) is 0 Å². The van der Waals surface area contributed by atoms with Gasteiger partial charge in [0.15, 0.2) is 11.5 Å². The van der Waals surface area contributed by atoms with E-state index in [1.807, 2.05) is 48.1 Å². The average Bonchev–Trinajstić information content (AvgIpc) is 3.41. The van der Waals surface area contributed by atoms with Gasteiger partial charge in [-0.25, -0.2) is 19.7 Å². The third kappa shape index (κ3) is 6.07. The predicted molar refractivity (Wildman–Crippen MR) is 184 cm³/mol. The number of benzene rings is 2. The first-order chi connectivity index (χ1) is 21.5. The number of morpholine rings is 1. The van der Waals surface area contributed by atoms with Gasteiger partial charge in [0.05, 0.1) is 42.5 Å². The van der Waals surface area contributed by atoms with Gasteiger partial charge in [-0.15, -0.1) is 5.54 Å². The average molecular weight is 625 g/mol. The Kier molecular flexibility index (Phi) is 9.32. The number of nitrogens with zero attached hydrogens (tertiary/aromatic N) is 6. The number of carbonyl (C=O) groups is 1. The predicted octanol–water partition coefficient (Wildman–Crippen LogP) is 6.90. The number of hydrogen-bond donors (Lipinski definition) is 1. The quantitative estimate of drug-likeness (QED) is 0.167. The number of aromatic nitrogens is 4. The number of imidazole rings is 1. The summed E-state index contributed by atoms with van der Waals surface area (Å²) in [5.74, 6) is 2.46. The van der Waals surface area contributed by atoms with E-state index < -0.39 is 14.0 Å². The third-order valence-corrected chi connectivity index (χ3v) is 15.6. The number of carboxylic acids is 1. The van der Waals surface area contributed by atoms with Crippen molar-refractivity contribution in [2.24, 2.45) is 7.05 Å². The van der Waals surface area contributed by atoms with Gasteiger partial charge in [0, 0.05) is 44.0 Å². The van der Waals surface area contributed by atoms with Gasteiger partial charge in [-0.2, -0.15) is 0 Å². The molecule has 1 saturated heterocycles.